The lowest BCUT2D eigenvalue weighted by molar-refractivity contribution is -0.136. The van der Waals surface area contributed by atoms with Gasteiger partial charge in [0.1, 0.15) is 23.0 Å². The molecule has 0 saturated carbocycles. The first-order chi connectivity index (χ1) is 21.8. The van der Waals surface area contributed by atoms with Crippen molar-refractivity contribution >= 4 is 45.3 Å². The van der Waals surface area contributed by atoms with Gasteiger partial charge < -0.3 is 14.5 Å². The lowest BCUT2D eigenvalue weighted by atomic mass is 10.2. The zero-order valence-electron chi connectivity index (χ0n) is 23.7. The second kappa shape index (κ2) is 14.5. The quantitative estimate of drug-likeness (QED) is 0.100. The number of nitrogens with one attached hydrogen (secondary N) is 2. The van der Waals surface area contributed by atoms with E-state index in [1.54, 1.807) is 36.4 Å². The van der Waals surface area contributed by atoms with Crippen LogP contribution in [0.2, 0.25) is 5.02 Å². The smallest absolute Gasteiger partial charge is 0.329 e. The number of hydrogen-bond acceptors (Lipinski definition) is 7. The summed E-state index contributed by atoms with van der Waals surface area (Å²) in [7, 11) is -3.91. The highest BCUT2D eigenvalue weighted by Crippen LogP contribution is 2.24. The fourth-order valence-electron chi connectivity index (χ4n) is 4.12. The maximum absolute atomic E-state index is 13.5. The van der Waals surface area contributed by atoms with Gasteiger partial charge in [-0.25, -0.2) is 13.8 Å². The minimum atomic E-state index is -3.91. The summed E-state index contributed by atoms with van der Waals surface area (Å²) in [4.78, 5) is 24.7. The van der Waals surface area contributed by atoms with Crippen molar-refractivity contribution in [2.24, 2.45) is 5.10 Å². The van der Waals surface area contributed by atoms with Crippen LogP contribution in [-0.2, 0) is 32.7 Å². The number of nitrogens with zero attached hydrogens (tertiary/aromatic N) is 2. The molecule has 0 unspecified atom stereocenters. The van der Waals surface area contributed by atoms with Crippen LogP contribution < -0.4 is 15.5 Å². The predicted molar refractivity (Wildman–Crippen MR) is 170 cm³/mol. The average Bonchev–Trinajstić information content (AvgIpc) is 3.50. The highest BCUT2D eigenvalue weighted by Gasteiger charge is 2.26. The van der Waals surface area contributed by atoms with Gasteiger partial charge >= 0.3 is 11.8 Å². The van der Waals surface area contributed by atoms with E-state index in [-0.39, 0.29) is 23.7 Å². The maximum atomic E-state index is 13.5. The lowest BCUT2D eigenvalue weighted by Crippen LogP contribution is -2.32. The summed E-state index contributed by atoms with van der Waals surface area (Å²) in [5.41, 5.74) is 3.33. The van der Waals surface area contributed by atoms with Crippen LogP contribution in [0.4, 0.5) is 5.69 Å². The molecule has 0 fully saturated rings. The third kappa shape index (κ3) is 8.67. The number of carbonyl (C=O) groups is 2. The predicted octanol–water partition coefficient (Wildman–Crippen LogP) is 6.21. The lowest BCUT2D eigenvalue weighted by Gasteiger charge is -2.21. The zero-order valence-corrected chi connectivity index (χ0v) is 25.2. The van der Waals surface area contributed by atoms with Crippen LogP contribution in [0.1, 0.15) is 17.1 Å². The summed E-state index contributed by atoms with van der Waals surface area (Å²) in [6, 6.07) is 34.0. The van der Waals surface area contributed by atoms with Gasteiger partial charge in [0, 0.05) is 17.3 Å². The largest absolute Gasteiger partial charge is 0.459 e. The fraction of sp³-hybridized carbons (Fsp3) is 0.0606. The number of amides is 2. The van der Waals surface area contributed by atoms with Crippen LogP contribution in [-0.4, -0.2) is 30.8 Å². The van der Waals surface area contributed by atoms with Crippen molar-refractivity contribution in [2.45, 2.75) is 18.0 Å². The molecule has 0 atom stereocenters. The van der Waals surface area contributed by atoms with Crippen molar-refractivity contribution in [3.05, 3.63) is 143 Å². The number of halogens is 1. The Morgan fingerprint density at radius 1 is 0.778 bits per heavy atom. The standard InChI is InChI=1S/C33H27ClN4O6S/c34-25-11-19-31(20-12-25)45(41,42)38(22-24-7-3-1-4-8-24)23-30-18-17-29(44-30)21-35-37-33(40)32(39)36-26-13-15-28(16-14-26)43-27-9-5-2-6-10-27/h1-21H,22-23H2,(H,36,39)(H,37,40)/b35-21+. The molecule has 45 heavy (non-hydrogen) atoms. The van der Waals surface area contributed by atoms with E-state index >= 15 is 0 Å². The minimum Gasteiger partial charge on any atom is -0.459 e. The summed E-state index contributed by atoms with van der Waals surface area (Å²) < 4.78 is 39.8. The molecule has 10 nitrogen and oxygen atoms in total. The van der Waals surface area contributed by atoms with Gasteiger partial charge in [-0.3, -0.25) is 9.59 Å². The van der Waals surface area contributed by atoms with Gasteiger partial charge in [0.05, 0.1) is 17.7 Å². The van der Waals surface area contributed by atoms with E-state index in [9.17, 15) is 18.0 Å². The molecule has 0 radical (unpaired) electrons. The molecule has 1 heterocycles. The number of anilines is 1. The van der Waals surface area contributed by atoms with E-state index in [1.807, 2.05) is 60.7 Å². The summed E-state index contributed by atoms with van der Waals surface area (Å²) in [5, 5.41) is 6.69. The normalized spacial score (nSPS) is 11.4. The number of furan rings is 1. The van der Waals surface area contributed by atoms with Gasteiger partial charge in [0.15, 0.2) is 0 Å². The molecular formula is C33H27ClN4O6S. The molecular weight excluding hydrogens is 616 g/mol. The third-order valence-electron chi connectivity index (χ3n) is 6.32. The van der Waals surface area contributed by atoms with Crippen molar-refractivity contribution in [1.29, 1.82) is 0 Å². The number of hydrogen-bond donors (Lipinski definition) is 2. The Morgan fingerprint density at radius 3 is 2.11 bits per heavy atom. The van der Waals surface area contributed by atoms with Gasteiger partial charge in [-0.15, -0.1) is 0 Å². The second-order valence-electron chi connectivity index (χ2n) is 9.61. The summed E-state index contributed by atoms with van der Waals surface area (Å²) in [5.74, 6) is -0.102. The highest BCUT2D eigenvalue weighted by molar-refractivity contribution is 7.89. The van der Waals surface area contributed by atoms with Crippen LogP contribution in [0, 0.1) is 0 Å². The molecule has 0 aliphatic rings. The summed E-state index contributed by atoms with van der Waals surface area (Å²) in [6.45, 7) is 0.0293. The van der Waals surface area contributed by atoms with E-state index in [0.29, 0.717) is 28.0 Å². The van der Waals surface area contributed by atoms with Crippen molar-refractivity contribution < 1.29 is 27.2 Å². The van der Waals surface area contributed by atoms with Crippen LogP contribution in [0.3, 0.4) is 0 Å². The molecule has 1 aromatic heterocycles. The molecule has 4 aromatic carbocycles. The number of sulfonamides is 1. The number of ether oxygens (including phenoxy) is 1. The van der Waals surface area contributed by atoms with E-state index in [2.05, 4.69) is 15.8 Å². The Kier molecular flexibility index (Phi) is 10.1. The Hall–Kier alpha value is -5.23. The van der Waals surface area contributed by atoms with E-state index in [1.165, 1.54) is 34.8 Å². The first-order valence-electron chi connectivity index (χ1n) is 13.6. The second-order valence-corrected chi connectivity index (χ2v) is 12.0. The highest BCUT2D eigenvalue weighted by atomic mass is 35.5. The number of para-hydroxylation sites is 1. The number of hydrazone groups is 1. The first-order valence-corrected chi connectivity index (χ1v) is 15.4. The van der Waals surface area contributed by atoms with Gasteiger partial charge in [-0.1, -0.05) is 60.1 Å². The van der Waals surface area contributed by atoms with Crippen molar-refractivity contribution in [2.75, 3.05) is 5.32 Å². The van der Waals surface area contributed by atoms with E-state index in [4.69, 9.17) is 20.8 Å². The molecule has 0 aliphatic heterocycles. The number of carbonyl (C=O) groups excluding carboxylic acids is 2. The SMILES string of the molecule is O=C(N/N=C/c1ccc(CN(Cc2ccccc2)S(=O)(=O)c2ccc(Cl)cc2)o1)C(=O)Nc1ccc(Oc2ccccc2)cc1. The Bertz CT molecular complexity index is 1880. The molecule has 0 spiro atoms. The third-order valence-corrected chi connectivity index (χ3v) is 8.38. The topological polar surface area (TPSA) is 130 Å². The Morgan fingerprint density at radius 2 is 1.42 bits per heavy atom. The fourth-order valence-corrected chi connectivity index (χ4v) is 5.64. The monoisotopic (exact) mass is 642 g/mol. The van der Waals surface area contributed by atoms with Crippen molar-refractivity contribution in [3.63, 3.8) is 0 Å². The number of benzene rings is 4. The zero-order chi connectivity index (χ0) is 31.6. The molecule has 5 aromatic rings. The molecule has 2 N–H and O–H groups in total. The van der Waals surface area contributed by atoms with Gasteiger partial charge in [-0.2, -0.15) is 9.41 Å². The first kappa shape index (κ1) is 31.2. The van der Waals surface area contributed by atoms with Crippen molar-refractivity contribution in [3.8, 4) is 11.5 Å². The molecule has 0 aliphatic carbocycles. The summed E-state index contributed by atoms with van der Waals surface area (Å²) in [6.07, 6.45) is 1.21. The number of rotatable bonds is 11. The van der Waals surface area contributed by atoms with Gasteiger partial charge in [0.2, 0.25) is 10.0 Å². The molecule has 228 valence electrons. The van der Waals surface area contributed by atoms with Crippen LogP contribution in [0.5, 0.6) is 11.5 Å². The molecule has 5 rings (SSSR count). The molecule has 0 saturated heterocycles. The molecule has 0 bridgehead atoms. The summed E-state index contributed by atoms with van der Waals surface area (Å²) >= 11 is 5.96. The van der Waals surface area contributed by atoms with E-state index in [0.717, 1.165) is 5.56 Å². The Balaban J connectivity index is 1.18. The minimum absolute atomic E-state index is 0.0718. The van der Waals surface area contributed by atoms with Gasteiger partial charge in [0.25, 0.3) is 0 Å². The molecule has 2 amide bonds. The maximum Gasteiger partial charge on any atom is 0.329 e. The van der Waals surface area contributed by atoms with Crippen LogP contribution in [0.15, 0.2) is 136 Å². The Labute approximate surface area is 265 Å². The van der Waals surface area contributed by atoms with Crippen LogP contribution >= 0.6 is 11.6 Å². The van der Waals surface area contributed by atoms with Crippen molar-refractivity contribution in [1.82, 2.24) is 9.73 Å². The average molecular weight is 643 g/mol. The van der Waals surface area contributed by atoms with Crippen LogP contribution in [0.25, 0.3) is 0 Å². The van der Waals surface area contributed by atoms with Gasteiger partial charge in [-0.05, 0) is 78.4 Å². The molecule has 12 heteroatoms. The van der Waals surface area contributed by atoms with E-state index < -0.39 is 21.8 Å².